The predicted molar refractivity (Wildman–Crippen MR) is 70.2 cm³/mol. The maximum absolute atomic E-state index is 9.06. The van der Waals surface area contributed by atoms with Gasteiger partial charge in [0.1, 0.15) is 0 Å². The molecule has 4 nitrogen and oxygen atoms in total. The Morgan fingerprint density at radius 2 is 2.12 bits per heavy atom. The van der Waals surface area contributed by atoms with Gasteiger partial charge in [0.2, 0.25) is 0 Å². The van der Waals surface area contributed by atoms with E-state index in [4.69, 9.17) is 16.7 Å². The van der Waals surface area contributed by atoms with Crippen LogP contribution in [-0.2, 0) is 20.0 Å². The van der Waals surface area contributed by atoms with Crippen molar-refractivity contribution in [3.05, 3.63) is 16.4 Å². The Morgan fingerprint density at radius 3 is 2.53 bits per heavy atom. The summed E-state index contributed by atoms with van der Waals surface area (Å²) in [5.74, 6) is 0. The Bertz CT molecular complexity index is 363. The quantitative estimate of drug-likeness (QED) is 0.848. The van der Waals surface area contributed by atoms with Crippen LogP contribution in [0.2, 0.25) is 5.02 Å². The Labute approximate surface area is 108 Å². The first-order valence-corrected chi connectivity index (χ1v) is 6.44. The number of aromatic nitrogens is 2. The lowest BCUT2D eigenvalue weighted by molar-refractivity contribution is 0.156. The number of nitrogens with zero attached hydrogens (tertiary/aromatic N) is 3. The summed E-state index contributed by atoms with van der Waals surface area (Å²) in [4.78, 5) is 2.18. The minimum Gasteiger partial charge on any atom is -0.395 e. The van der Waals surface area contributed by atoms with Gasteiger partial charge in [0.15, 0.2) is 0 Å². The van der Waals surface area contributed by atoms with E-state index in [1.165, 1.54) is 0 Å². The second-order valence-corrected chi connectivity index (χ2v) is 4.85. The summed E-state index contributed by atoms with van der Waals surface area (Å²) in [6.07, 6.45) is 0.842. The summed E-state index contributed by atoms with van der Waals surface area (Å²) in [6.45, 7) is 7.81. The van der Waals surface area contributed by atoms with Gasteiger partial charge in [-0.15, -0.1) is 0 Å². The molecule has 0 unspecified atom stereocenters. The van der Waals surface area contributed by atoms with E-state index in [1.54, 1.807) is 0 Å². The summed E-state index contributed by atoms with van der Waals surface area (Å²) >= 11 is 6.31. The fourth-order valence-electron chi connectivity index (χ4n) is 1.83. The summed E-state index contributed by atoms with van der Waals surface area (Å²) < 4.78 is 1.84. The highest BCUT2D eigenvalue weighted by Crippen LogP contribution is 2.22. The van der Waals surface area contributed by atoms with Crippen molar-refractivity contribution in [1.82, 2.24) is 14.7 Å². The summed E-state index contributed by atoms with van der Waals surface area (Å²) in [7, 11) is 1.91. The molecule has 0 radical (unpaired) electrons. The highest BCUT2D eigenvalue weighted by atomic mass is 35.5. The van der Waals surface area contributed by atoms with Crippen LogP contribution in [0.15, 0.2) is 0 Å². The van der Waals surface area contributed by atoms with Crippen LogP contribution < -0.4 is 0 Å². The van der Waals surface area contributed by atoms with Crippen molar-refractivity contribution in [3.8, 4) is 0 Å². The molecule has 98 valence electrons. The van der Waals surface area contributed by atoms with Crippen LogP contribution in [0.25, 0.3) is 0 Å². The number of rotatable bonds is 6. The first kappa shape index (κ1) is 14.5. The second-order valence-electron chi connectivity index (χ2n) is 4.47. The standard InChI is InChI=1S/C12H22ClN3O/c1-5-10-12(13)11(15(4)14-10)8-16(6-7-17)9(2)3/h9,17H,5-8H2,1-4H3. The molecule has 5 heteroatoms. The number of aliphatic hydroxyl groups is 1. The van der Waals surface area contributed by atoms with Crippen LogP contribution in [0.3, 0.4) is 0 Å². The molecule has 0 fully saturated rings. The Morgan fingerprint density at radius 1 is 1.47 bits per heavy atom. The number of hydrogen-bond donors (Lipinski definition) is 1. The first-order valence-electron chi connectivity index (χ1n) is 6.06. The van der Waals surface area contributed by atoms with Gasteiger partial charge in [-0.1, -0.05) is 18.5 Å². The third-order valence-corrected chi connectivity index (χ3v) is 3.41. The molecule has 0 saturated heterocycles. The molecule has 1 heterocycles. The van der Waals surface area contributed by atoms with Gasteiger partial charge in [0.25, 0.3) is 0 Å². The lowest BCUT2D eigenvalue weighted by atomic mass is 10.2. The first-order chi connectivity index (χ1) is 8.01. The third kappa shape index (κ3) is 3.44. The van der Waals surface area contributed by atoms with Gasteiger partial charge in [-0.25, -0.2) is 0 Å². The molecule has 1 N–H and O–H groups in total. The van der Waals surface area contributed by atoms with Gasteiger partial charge in [-0.05, 0) is 20.3 Å². The largest absolute Gasteiger partial charge is 0.395 e. The smallest absolute Gasteiger partial charge is 0.0863 e. The molecule has 0 atom stereocenters. The minimum absolute atomic E-state index is 0.161. The van der Waals surface area contributed by atoms with E-state index in [1.807, 2.05) is 18.7 Å². The highest BCUT2D eigenvalue weighted by Gasteiger charge is 2.17. The third-order valence-electron chi connectivity index (χ3n) is 2.97. The van der Waals surface area contributed by atoms with Crippen LogP contribution in [0, 0.1) is 0 Å². The van der Waals surface area contributed by atoms with Gasteiger partial charge < -0.3 is 5.11 Å². The Balaban J connectivity index is 2.88. The molecule has 0 aliphatic heterocycles. The van der Waals surface area contributed by atoms with Gasteiger partial charge >= 0.3 is 0 Å². The summed E-state index contributed by atoms with van der Waals surface area (Å²) in [5.41, 5.74) is 1.96. The molecule has 0 aliphatic carbocycles. The van der Waals surface area contributed by atoms with Crippen LogP contribution >= 0.6 is 11.6 Å². The van der Waals surface area contributed by atoms with Crippen molar-refractivity contribution >= 4 is 11.6 Å². The summed E-state index contributed by atoms with van der Waals surface area (Å²) in [5, 5.41) is 14.2. The zero-order valence-electron chi connectivity index (χ0n) is 11.1. The molecule has 0 bridgehead atoms. The van der Waals surface area contributed by atoms with Gasteiger partial charge in [-0.2, -0.15) is 5.10 Å². The fraction of sp³-hybridized carbons (Fsp3) is 0.750. The Kier molecular flexibility index (Phi) is 5.43. The van der Waals surface area contributed by atoms with E-state index in [-0.39, 0.29) is 6.61 Å². The van der Waals surface area contributed by atoms with Crippen molar-refractivity contribution in [2.75, 3.05) is 13.2 Å². The number of halogens is 1. The van der Waals surface area contributed by atoms with Crippen molar-refractivity contribution in [1.29, 1.82) is 0 Å². The molecular formula is C12H22ClN3O. The molecule has 0 saturated carbocycles. The molecule has 0 amide bonds. The fourth-order valence-corrected chi connectivity index (χ4v) is 2.19. The molecule has 1 aromatic rings. The van der Waals surface area contributed by atoms with Crippen LogP contribution in [0.5, 0.6) is 0 Å². The van der Waals surface area contributed by atoms with Crippen molar-refractivity contribution in [2.24, 2.45) is 7.05 Å². The molecular weight excluding hydrogens is 238 g/mol. The molecule has 17 heavy (non-hydrogen) atoms. The van der Waals surface area contributed by atoms with Crippen molar-refractivity contribution in [3.63, 3.8) is 0 Å². The monoisotopic (exact) mass is 259 g/mol. The lowest BCUT2D eigenvalue weighted by Crippen LogP contribution is -2.33. The maximum Gasteiger partial charge on any atom is 0.0863 e. The van der Waals surface area contributed by atoms with Gasteiger partial charge in [0.05, 0.1) is 23.0 Å². The molecule has 1 rings (SSSR count). The van der Waals surface area contributed by atoms with E-state index in [9.17, 15) is 0 Å². The molecule has 0 spiro atoms. The normalized spacial score (nSPS) is 11.8. The van der Waals surface area contributed by atoms with E-state index in [0.29, 0.717) is 12.6 Å². The van der Waals surface area contributed by atoms with Gasteiger partial charge in [-0.3, -0.25) is 9.58 Å². The van der Waals surface area contributed by atoms with Crippen molar-refractivity contribution in [2.45, 2.75) is 39.8 Å². The zero-order chi connectivity index (χ0) is 13.0. The zero-order valence-corrected chi connectivity index (χ0v) is 11.8. The van der Waals surface area contributed by atoms with E-state index >= 15 is 0 Å². The average molecular weight is 260 g/mol. The minimum atomic E-state index is 0.161. The topological polar surface area (TPSA) is 41.3 Å². The summed E-state index contributed by atoms with van der Waals surface area (Å²) in [6, 6.07) is 0.373. The van der Waals surface area contributed by atoms with Gasteiger partial charge in [0, 0.05) is 26.2 Å². The SMILES string of the molecule is CCc1nn(C)c(CN(CCO)C(C)C)c1Cl. The van der Waals surface area contributed by atoms with E-state index in [0.717, 1.165) is 29.4 Å². The predicted octanol–water partition coefficient (Wildman–Crippen LogP) is 1.84. The molecule has 0 aliphatic rings. The number of aryl methyl sites for hydroxylation is 2. The number of hydrogen-bond acceptors (Lipinski definition) is 3. The average Bonchev–Trinajstić information content (AvgIpc) is 2.55. The van der Waals surface area contributed by atoms with Crippen molar-refractivity contribution < 1.29 is 5.11 Å². The second kappa shape index (κ2) is 6.38. The Hall–Kier alpha value is -0.580. The number of aliphatic hydroxyl groups excluding tert-OH is 1. The highest BCUT2D eigenvalue weighted by molar-refractivity contribution is 6.31. The van der Waals surface area contributed by atoms with Crippen LogP contribution in [0.4, 0.5) is 0 Å². The van der Waals surface area contributed by atoms with Crippen LogP contribution in [-0.4, -0.2) is 39.0 Å². The van der Waals surface area contributed by atoms with E-state index < -0.39 is 0 Å². The van der Waals surface area contributed by atoms with E-state index in [2.05, 4.69) is 23.8 Å². The molecule has 1 aromatic heterocycles. The molecule has 0 aromatic carbocycles. The maximum atomic E-state index is 9.06. The lowest BCUT2D eigenvalue weighted by Gasteiger charge is -2.25. The van der Waals surface area contributed by atoms with Crippen LogP contribution in [0.1, 0.15) is 32.2 Å².